The Morgan fingerprint density at radius 3 is 2.57 bits per heavy atom. The van der Waals surface area contributed by atoms with Crippen molar-refractivity contribution in [3.05, 3.63) is 0 Å². The third kappa shape index (κ3) is 3.62. The zero-order chi connectivity index (χ0) is 15.5. The minimum atomic E-state index is -4.14. The number of hydrogen-bond acceptors (Lipinski definition) is 2. The van der Waals surface area contributed by atoms with E-state index in [9.17, 15) is 13.2 Å². The van der Waals surface area contributed by atoms with Gasteiger partial charge in [-0.1, -0.05) is 6.42 Å². The number of halogens is 3. The van der Waals surface area contributed by atoms with Crippen LogP contribution in [0.15, 0.2) is 4.99 Å². The van der Waals surface area contributed by atoms with Crippen LogP contribution >= 0.6 is 0 Å². The van der Waals surface area contributed by atoms with Crippen molar-refractivity contribution in [1.82, 2.24) is 10.6 Å². The number of rotatable bonds is 5. The molecule has 122 valence electrons. The number of nitrogens with zero attached hydrogens (tertiary/aromatic N) is 1. The van der Waals surface area contributed by atoms with E-state index in [2.05, 4.69) is 15.6 Å². The van der Waals surface area contributed by atoms with Gasteiger partial charge in [0, 0.05) is 31.7 Å². The van der Waals surface area contributed by atoms with E-state index in [4.69, 9.17) is 4.74 Å². The summed E-state index contributed by atoms with van der Waals surface area (Å²) in [5, 5.41) is 6.00. The number of ether oxygens (including phenoxy) is 1. The van der Waals surface area contributed by atoms with Crippen LogP contribution in [-0.2, 0) is 4.74 Å². The molecule has 2 saturated carbocycles. The van der Waals surface area contributed by atoms with Gasteiger partial charge in [-0.25, -0.2) is 0 Å². The van der Waals surface area contributed by atoms with Crippen molar-refractivity contribution in [3.63, 3.8) is 0 Å². The number of alkyl halides is 3. The Balaban J connectivity index is 1.80. The largest absolute Gasteiger partial charge is 0.390 e. The van der Waals surface area contributed by atoms with Gasteiger partial charge in [-0.05, 0) is 26.2 Å². The van der Waals surface area contributed by atoms with Crippen molar-refractivity contribution in [2.24, 2.45) is 10.4 Å². The van der Waals surface area contributed by atoms with Gasteiger partial charge in [0.05, 0.1) is 12.5 Å². The van der Waals surface area contributed by atoms with Crippen molar-refractivity contribution in [2.75, 3.05) is 20.2 Å². The van der Waals surface area contributed by atoms with E-state index in [0.717, 1.165) is 19.3 Å². The molecule has 2 unspecified atom stereocenters. The normalized spacial score (nSPS) is 28.0. The Labute approximate surface area is 123 Å². The van der Waals surface area contributed by atoms with Gasteiger partial charge in [-0.15, -0.1) is 0 Å². The maximum Gasteiger partial charge on any atom is 0.390 e. The fourth-order valence-electron chi connectivity index (χ4n) is 3.32. The topological polar surface area (TPSA) is 45.6 Å². The SMILES string of the molecule is CCOC1CC(NC(=NC)NCCC(F)(F)F)C12CCC2. The lowest BCUT2D eigenvalue weighted by molar-refractivity contribution is -0.168. The van der Waals surface area contributed by atoms with Gasteiger partial charge in [-0.3, -0.25) is 4.99 Å². The van der Waals surface area contributed by atoms with Gasteiger partial charge < -0.3 is 15.4 Å². The first-order chi connectivity index (χ1) is 9.91. The molecule has 2 atom stereocenters. The van der Waals surface area contributed by atoms with E-state index in [1.165, 1.54) is 6.42 Å². The highest BCUT2D eigenvalue weighted by Gasteiger charge is 2.59. The predicted molar refractivity (Wildman–Crippen MR) is 75.3 cm³/mol. The molecule has 2 aliphatic rings. The lowest BCUT2D eigenvalue weighted by atomic mass is 9.51. The minimum absolute atomic E-state index is 0.155. The van der Waals surface area contributed by atoms with Crippen LogP contribution in [0.4, 0.5) is 13.2 Å². The van der Waals surface area contributed by atoms with Crippen LogP contribution in [-0.4, -0.2) is 44.5 Å². The highest BCUT2D eigenvalue weighted by atomic mass is 19.4. The van der Waals surface area contributed by atoms with Crippen molar-refractivity contribution >= 4 is 5.96 Å². The van der Waals surface area contributed by atoms with Crippen molar-refractivity contribution < 1.29 is 17.9 Å². The molecule has 0 aromatic heterocycles. The Hall–Kier alpha value is -0.980. The Kier molecular flexibility index (Phi) is 5.01. The van der Waals surface area contributed by atoms with Gasteiger partial charge in [-0.2, -0.15) is 13.2 Å². The number of nitrogens with one attached hydrogen (secondary N) is 2. The van der Waals surface area contributed by atoms with Crippen LogP contribution in [0.5, 0.6) is 0 Å². The van der Waals surface area contributed by atoms with Gasteiger partial charge in [0.15, 0.2) is 5.96 Å². The smallest absolute Gasteiger partial charge is 0.378 e. The van der Waals surface area contributed by atoms with Crippen LogP contribution in [0.2, 0.25) is 0 Å². The molecule has 2 rings (SSSR count). The minimum Gasteiger partial charge on any atom is -0.378 e. The van der Waals surface area contributed by atoms with Crippen LogP contribution in [0.1, 0.15) is 39.0 Å². The average molecular weight is 307 g/mol. The first-order valence-electron chi connectivity index (χ1n) is 7.57. The summed E-state index contributed by atoms with van der Waals surface area (Å²) in [5.74, 6) is 0.450. The number of guanidine groups is 1. The standard InChI is InChI=1S/C14H24F3N3O/c1-3-21-11-9-10(13(11)5-4-6-13)20-12(18-2)19-8-7-14(15,16)17/h10-11H,3-9H2,1-2H3,(H2,18,19,20). The molecular formula is C14H24F3N3O. The molecule has 0 radical (unpaired) electrons. The molecule has 0 saturated heterocycles. The molecule has 0 aromatic rings. The van der Waals surface area contributed by atoms with Crippen molar-refractivity contribution in [2.45, 2.75) is 57.3 Å². The van der Waals surface area contributed by atoms with Gasteiger partial charge in [0.2, 0.25) is 0 Å². The lowest BCUT2D eigenvalue weighted by Gasteiger charge is -2.61. The maximum absolute atomic E-state index is 12.2. The van der Waals surface area contributed by atoms with Crippen LogP contribution in [0.3, 0.4) is 0 Å². The first-order valence-corrected chi connectivity index (χ1v) is 7.57. The molecule has 2 fully saturated rings. The third-order valence-corrected chi connectivity index (χ3v) is 4.67. The molecule has 0 aliphatic heterocycles. The summed E-state index contributed by atoms with van der Waals surface area (Å²) in [6.45, 7) is 2.54. The molecule has 0 bridgehead atoms. The Morgan fingerprint density at radius 2 is 2.10 bits per heavy atom. The van der Waals surface area contributed by atoms with Crippen molar-refractivity contribution in [3.8, 4) is 0 Å². The predicted octanol–water partition coefficient (Wildman–Crippen LogP) is 2.45. The fraction of sp³-hybridized carbons (Fsp3) is 0.929. The molecule has 7 heteroatoms. The Morgan fingerprint density at radius 1 is 1.38 bits per heavy atom. The molecule has 0 amide bonds. The van der Waals surface area contributed by atoms with E-state index < -0.39 is 12.6 Å². The second kappa shape index (κ2) is 6.42. The Bertz CT molecular complexity index is 380. The maximum atomic E-state index is 12.2. The summed E-state index contributed by atoms with van der Waals surface area (Å²) in [5.41, 5.74) is 0.164. The lowest BCUT2D eigenvalue weighted by Crippen LogP contribution is -2.68. The second-order valence-electron chi connectivity index (χ2n) is 5.83. The molecular weight excluding hydrogens is 283 g/mol. The summed E-state index contributed by atoms with van der Waals surface area (Å²) < 4.78 is 42.2. The second-order valence-corrected chi connectivity index (χ2v) is 5.83. The van der Waals surface area contributed by atoms with Gasteiger partial charge >= 0.3 is 6.18 Å². The third-order valence-electron chi connectivity index (χ3n) is 4.67. The molecule has 2 aliphatic carbocycles. The molecule has 4 nitrogen and oxygen atoms in total. The average Bonchev–Trinajstić information content (AvgIpc) is 2.31. The molecule has 2 N–H and O–H groups in total. The summed E-state index contributed by atoms with van der Waals surface area (Å²) in [6, 6.07) is 0.250. The first kappa shape index (κ1) is 16.4. The van der Waals surface area contributed by atoms with Crippen LogP contribution in [0.25, 0.3) is 0 Å². The number of aliphatic imine (C=N–C) groups is 1. The molecule has 0 aromatic carbocycles. The van der Waals surface area contributed by atoms with E-state index in [0.29, 0.717) is 12.6 Å². The molecule has 21 heavy (non-hydrogen) atoms. The summed E-state index contributed by atoms with van der Waals surface area (Å²) >= 11 is 0. The highest BCUT2D eigenvalue weighted by Crippen LogP contribution is 2.57. The molecule has 0 heterocycles. The summed E-state index contributed by atoms with van der Waals surface area (Å²) in [7, 11) is 1.58. The van der Waals surface area contributed by atoms with Gasteiger partial charge in [0.1, 0.15) is 0 Å². The summed E-state index contributed by atoms with van der Waals surface area (Å²) in [6.07, 6.45) is -0.385. The van der Waals surface area contributed by atoms with E-state index in [1.807, 2.05) is 6.92 Å². The van der Waals surface area contributed by atoms with Crippen molar-refractivity contribution in [1.29, 1.82) is 0 Å². The zero-order valence-corrected chi connectivity index (χ0v) is 12.6. The van der Waals surface area contributed by atoms with E-state index in [1.54, 1.807) is 7.05 Å². The van der Waals surface area contributed by atoms with Crippen LogP contribution in [0, 0.1) is 5.41 Å². The fourth-order valence-corrected chi connectivity index (χ4v) is 3.32. The molecule has 1 spiro atoms. The van der Waals surface area contributed by atoms with Crippen LogP contribution < -0.4 is 10.6 Å². The zero-order valence-electron chi connectivity index (χ0n) is 12.6. The van der Waals surface area contributed by atoms with E-state index in [-0.39, 0.29) is 24.1 Å². The summed E-state index contributed by atoms with van der Waals surface area (Å²) in [4.78, 5) is 4.01. The monoisotopic (exact) mass is 307 g/mol. The van der Waals surface area contributed by atoms with E-state index >= 15 is 0 Å². The highest BCUT2D eigenvalue weighted by molar-refractivity contribution is 5.80. The van der Waals surface area contributed by atoms with Gasteiger partial charge in [0.25, 0.3) is 0 Å². The number of hydrogen-bond donors (Lipinski definition) is 2. The quantitative estimate of drug-likeness (QED) is 0.606.